The molecule has 5 nitrogen and oxygen atoms in total. The van der Waals surface area contributed by atoms with Gasteiger partial charge in [-0.2, -0.15) is 0 Å². The molecule has 0 aliphatic heterocycles. The lowest BCUT2D eigenvalue weighted by molar-refractivity contribution is -0.123. The molecule has 2 atom stereocenters. The summed E-state index contributed by atoms with van der Waals surface area (Å²) in [4.78, 5) is 11.7. The Balaban J connectivity index is 4.12. The predicted octanol–water partition coefficient (Wildman–Crippen LogP) is 0.278. The predicted molar refractivity (Wildman–Crippen MR) is 67.9 cm³/mol. The maximum Gasteiger partial charge on any atom is 0.236 e. The minimum Gasteiger partial charge on any atom is -0.396 e. The molecule has 0 aromatic rings. The first-order valence-corrected chi connectivity index (χ1v) is 6.14. The van der Waals surface area contributed by atoms with Gasteiger partial charge in [-0.3, -0.25) is 4.79 Å². The molecular formula is C12H26N2O3. The van der Waals surface area contributed by atoms with Crippen LogP contribution in [0.1, 0.15) is 33.6 Å². The van der Waals surface area contributed by atoms with Crippen LogP contribution < -0.4 is 10.6 Å². The van der Waals surface area contributed by atoms with Crippen LogP contribution in [0.5, 0.6) is 0 Å². The average Bonchev–Trinajstić information content (AvgIpc) is 2.29. The molecule has 3 N–H and O–H groups in total. The Bertz CT molecular complexity index is 224. The number of aliphatic hydroxyl groups is 1. The van der Waals surface area contributed by atoms with E-state index in [1.807, 2.05) is 20.8 Å². The first-order chi connectivity index (χ1) is 7.99. The second kappa shape index (κ2) is 8.44. The summed E-state index contributed by atoms with van der Waals surface area (Å²) < 4.78 is 4.86. The lowest BCUT2D eigenvalue weighted by atomic mass is 9.94. The van der Waals surface area contributed by atoms with Gasteiger partial charge in [0.1, 0.15) is 0 Å². The lowest BCUT2D eigenvalue weighted by Gasteiger charge is -2.32. The minimum absolute atomic E-state index is 0.0420. The van der Waals surface area contributed by atoms with E-state index in [2.05, 4.69) is 10.6 Å². The highest BCUT2D eigenvalue weighted by Crippen LogP contribution is 2.14. The highest BCUT2D eigenvalue weighted by molar-refractivity contribution is 5.81. The second-order valence-corrected chi connectivity index (χ2v) is 4.54. The van der Waals surface area contributed by atoms with E-state index < -0.39 is 0 Å². The molecule has 0 aromatic carbocycles. The molecule has 0 fully saturated rings. The van der Waals surface area contributed by atoms with Gasteiger partial charge in [0.15, 0.2) is 0 Å². The summed E-state index contributed by atoms with van der Waals surface area (Å²) in [5.74, 6) is -0.0420. The van der Waals surface area contributed by atoms with Gasteiger partial charge in [-0.15, -0.1) is 0 Å². The van der Waals surface area contributed by atoms with E-state index in [0.717, 1.165) is 6.42 Å². The molecule has 0 saturated carbocycles. The average molecular weight is 246 g/mol. The number of carbonyl (C=O) groups excluding carboxylic acids is 1. The number of nitrogens with one attached hydrogen (secondary N) is 2. The number of hydrogen-bond acceptors (Lipinski definition) is 4. The molecule has 0 heterocycles. The van der Waals surface area contributed by atoms with E-state index in [9.17, 15) is 4.79 Å². The van der Waals surface area contributed by atoms with Crippen LogP contribution in [0.15, 0.2) is 0 Å². The van der Waals surface area contributed by atoms with Crippen LogP contribution in [-0.2, 0) is 9.53 Å². The molecule has 0 aliphatic rings. The van der Waals surface area contributed by atoms with Gasteiger partial charge in [-0.05, 0) is 26.7 Å². The Morgan fingerprint density at radius 2 is 2.18 bits per heavy atom. The van der Waals surface area contributed by atoms with Crippen molar-refractivity contribution in [1.29, 1.82) is 0 Å². The Morgan fingerprint density at radius 3 is 2.65 bits per heavy atom. The number of aliphatic hydroxyl groups excluding tert-OH is 1. The highest BCUT2D eigenvalue weighted by atomic mass is 16.5. The number of amides is 1. The van der Waals surface area contributed by atoms with Crippen molar-refractivity contribution in [2.24, 2.45) is 0 Å². The normalized spacial score (nSPS) is 16.3. The fraction of sp³-hybridized carbons (Fsp3) is 0.917. The molecule has 0 saturated heterocycles. The molecule has 17 heavy (non-hydrogen) atoms. The van der Waals surface area contributed by atoms with Crippen LogP contribution in [-0.4, -0.2) is 49.5 Å². The highest BCUT2D eigenvalue weighted by Gasteiger charge is 2.25. The Morgan fingerprint density at radius 1 is 1.53 bits per heavy atom. The first kappa shape index (κ1) is 16.4. The smallest absolute Gasteiger partial charge is 0.236 e. The van der Waals surface area contributed by atoms with Crippen molar-refractivity contribution in [3.05, 3.63) is 0 Å². The Hall–Kier alpha value is -0.650. The van der Waals surface area contributed by atoms with Gasteiger partial charge in [-0.25, -0.2) is 0 Å². The first-order valence-electron chi connectivity index (χ1n) is 6.14. The third-order valence-electron chi connectivity index (χ3n) is 3.01. The number of rotatable bonds is 9. The zero-order valence-electron chi connectivity index (χ0n) is 11.4. The molecule has 0 spiro atoms. The molecule has 1 amide bonds. The van der Waals surface area contributed by atoms with Crippen molar-refractivity contribution in [3.8, 4) is 0 Å². The minimum atomic E-state index is -0.275. The summed E-state index contributed by atoms with van der Waals surface area (Å²) in [7, 11) is 1.60. The summed E-state index contributed by atoms with van der Waals surface area (Å²) in [6.07, 6.45) is 1.50. The van der Waals surface area contributed by atoms with Crippen molar-refractivity contribution < 1.29 is 14.6 Å². The molecule has 2 unspecified atom stereocenters. The molecule has 0 bridgehead atoms. The third kappa shape index (κ3) is 6.61. The number of ether oxygens (including phenoxy) is 1. The Labute approximate surface area is 104 Å². The number of carbonyl (C=O) groups is 1. The van der Waals surface area contributed by atoms with Gasteiger partial charge in [0.05, 0.1) is 12.6 Å². The van der Waals surface area contributed by atoms with Crippen LogP contribution in [0.25, 0.3) is 0 Å². The van der Waals surface area contributed by atoms with Crippen LogP contribution in [0, 0.1) is 0 Å². The van der Waals surface area contributed by atoms with Crippen LogP contribution in [0.4, 0.5) is 0 Å². The quantitative estimate of drug-likeness (QED) is 0.511. The van der Waals surface area contributed by atoms with E-state index in [0.29, 0.717) is 19.6 Å². The van der Waals surface area contributed by atoms with Crippen LogP contribution in [0.3, 0.4) is 0 Å². The van der Waals surface area contributed by atoms with E-state index in [1.54, 1.807) is 7.11 Å². The molecular weight excluding hydrogens is 220 g/mol. The van der Waals surface area contributed by atoms with Gasteiger partial charge < -0.3 is 20.5 Å². The zero-order chi connectivity index (χ0) is 13.3. The molecule has 102 valence electrons. The molecule has 5 heteroatoms. The standard InChI is InChI=1S/C12H26N2O3/c1-5-12(3,6-8-15)14-10(2)11(16)13-7-9-17-4/h10,14-15H,5-9H2,1-4H3,(H,13,16). The van der Waals surface area contributed by atoms with E-state index in [-0.39, 0.29) is 24.1 Å². The largest absolute Gasteiger partial charge is 0.396 e. The van der Waals surface area contributed by atoms with Gasteiger partial charge in [0.2, 0.25) is 5.91 Å². The summed E-state index contributed by atoms with van der Waals surface area (Å²) >= 11 is 0. The van der Waals surface area contributed by atoms with Crippen molar-refractivity contribution >= 4 is 5.91 Å². The fourth-order valence-corrected chi connectivity index (χ4v) is 1.62. The molecule has 0 rings (SSSR count). The maximum atomic E-state index is 11.7. The van der Waals surface area contributed by atoms with Crippen LogP contribution >= 0.6 is 0 Å². The fourth-order valence-electron chi connectivity index (χ4n) is 1.62. The maximum absolute atomic E-state index is 11.7. The van der Waals surface area contributed by atoms with E-state index >= 15 is 0 Å². The SMILES string of the molecule is CCC(C)(CCO)NC(C)C(=O)NCCOC. The van der Waals surface area contributed by atoms with Gasteiger partial charge in [-0.1, -0.05) is 6.92 Å². The van der Waals surface area contributed by atoms with Crippen molar-refractivity contribution in [3.63, 3.8) is 0 Å². The van der Waals surface area contributed by atoms with Crippen LogP contribution in [0.2, 0.25) is 0 Å². The summed E-state index contributed by atoms with van der Waals surface area (Å²) in [5.41, 5.74) is -0.202. The second-order valence-electron chi connectivity index (χ2n) is 4.54. The van der Waals surface area contributed by atoms with Gasteiger partial charge >= 0.3 is 0 Å². The van der Waals surface area contributed by atoms with Crippen molar-refractivity contribution in [2.75, 3.05) is 26.9 Å². The topological polar surface area (TPSA) is 70.6 Å². The summed E-state index contributed by atoms with van der Waals surface area (Å²) in [6, 6.07) is -0.275. The van der Waals surface area contributed by atoms with Gasteiger partial charge in [0.25, 0.3) is 0 Å². The summed E-state index contributed by atoms with van der Waals surface area (Å²) in [6.45, 7) is 7.04. The Kier molecular flexibility index (Phi) is 8.12. The monoisotopic (exact) mass is 246 g/mol. The third-order valence-corrected chi connectivity index (χ3v) is 3.01. The molecule has 0 aliphatic carbocycles. The molecule has 0 aromatic heterocycles. The summed E-state index contributed by atoms with van der Waals surface area (Å²) in [5, 5.41) is 15.0. The zero-order valence-corrected chi connectivity index (χ0v) is 11.4. The van der Waals surface area contributed by atoms with Crippen molar-refractivity contribution in [2.45, 2.75) is 45.2 Å². The van der Waals surface area contributed by atoms with Crippen molar-refractivity contribution in [1.82, 2.24) is 10.6 Å². The van der Waals surface area contributed by atoms with E-state index in [1.165, 1.54) is 0 Å². The van der Waals surface area contributed by atoms with E-state index in [4.69, 9.17) is 9.84 Å². The lowest BCUT2D eigenvalue weighted by Crippen LogP contribution is -2.53. The molecule has 0 radical (unpaired) electrons. The van der Waals surface area contributed by atoms with Gasteiger partial charge in [0, 0.05) is 25.8 Å². The number of methoxy groups -OCH3 is 1. The number of hydrogen-bond donors (Lipinski definition) is 3.